The first kappa shape index (κ1) is 31.8. The summed E-state index contributed by atoms with van der Waals surface area (Å²) < 4.78 is 0. The Balaban J connectivity index is 1.95. The number of nitro benzene ring substituents is 1. The van der Waals surface area contributed by atoms with Crippen LogP contribution in [0.3, 0.4) is 0 Å². The maximum atomic E-state index is 13.7. The van der Waals surface area contributed by atoms with Gasteiger partial charge in [-0.3, -0.25) is 29.9 Å². The minimum Gasteiger partial charge on any atom is -0.481 e. The van der Waals surface area contributed by atoms with Gasteiger partial charge in [0.2, 0.25) is 0 Å². The Bertz CT molecular complexity index is 1360. The van der Waals surface area contributed by atoms with Gasteiger partial charge in [-0.1, -0.05) is 42.5 Å². The lowest BCUT2D eigenvalue weighted by Crippen LogP contribution is -2.75. The highest BCUT2D eigenvalue weighted by molar-refractivity contribution is 5.84. The summed E-state index contributed by atoms with van der Waals surface area (Å²) in [6.45, 7) is 4.35. The van der Waals surface area contributed by atoms with Crippen molar-refractivity contribution in [2.45, 2.75) is 63.9 Å². The molecule has 5 N–H and O–H groups in total. The molecule has 14 heteroatoms. The van der Waals surface area contributed by atoms with Crippen molar-refractivity contribution in [3.63, 3.8) is 0 Å². The van der Waals surface area contributed by atoms with Gasteiger partial charge < -0.3 is 20.8 Å². The topological polar surface area (TPSA) is 211 Å². The second kappa shape index (κ2) is 12.6. The van der Waals surface area contributed by atoms with Crippen LogP contribution in [0.25, 0.3) is 0 Å². The van der Waals surface area contributed by atoms with Crippen molar-refractivity contribution in [3.05, 3.63) is 86.0 Å². The molecule has 7 atom stereocenters. The molecule has 2 fully saturated rings. The number of non-ortho nitro benzene ring substituents is 1. The Morgan fingerprint density at radius 2 is 1.84 bits per heavy atom. The van der Waals surface area contributed by atoms with E-state index < -0.39 is 69.3 Å². The van der Waals surface area contributed by atoms with E-state index in [1.54, 1.807) is 0 Å². The molecular formula is C29H37N5O9. The number of likely N-dealkylation sites (tertiary alicyclic amines) is 1. The average Bonchev–Trinajstić information content (AvgIpc) is 2.94. The Morgan fingerprint density at radius 3 is 2.44 bits per heavy atom. The highest BCUT2D eigenvalue weighted by Gasteiger charge is 2.70. The minimum absolute atomic E-state index is 0.108. The number of nitro groups is 1. The van der Waals surface area contributed by atoms with Crippen LogP contribution in [0.15, 0.2) is 54.6 Å². The number of piperidine rings is 2. The summed E-state index contributed by atoms with van der Waals surface area (Å²) in [5.74, 6) is -4.89. The first-order valence-electron chi connectivity index (χ1n) is 14.1. The monoisotopic (exact) mass is 599 g/mol. The molecular weight excluding hydrogens is 562 g/mol. The maximum absolute atomic E-state index is 13.7. The van der Waals surface area contributed by atoms with Gasteiger partial charge in [-0.2, -0.15) is 0 Å². The number of rotatable bonds is 11. The molecule has 2 aliphatic rings. The lowest BCUT2D eigenvalue weighted by molar-refractivity contribution is -0.768. The van der Waals surface area contributed by atoms with Crippen LogP contribution in [0.2, 0.25) is 0 Å². The van der Waals surface area contributed by atoms with E-state index in [-0.39, 0.29) is 17.8 Å². The van der Waals surface area contributed by atoms with Gasteiger partial charge in [0, 0.05) is 37.2 Å². The molecule has 43 heavy (non-hydrogen) atoms. The number of nitrogens with two attached hydrogens (primary N) is 1. The zero-order valence-electron chi connectivity index (χ0n) is 24.0. The molecule has 2 aromatic rings. The van der Waals surface area contributed by atoms with E-state index in [0.717, 1.165) is 5.56 Å². The van der Waals surface area contributed by atoms with Crippen LogP contribution in [0.1, 0.15) is 50.2 Å². The Morgan fingerprint density at radius 1 is 1.14 bits per heavy atom. The van der Waals surface area contributed by atoms with Crippen LogP contribution < -0.4 is 11.1 Å². The van der Waals surface area contributed by atoms with Gasteiger partial charge in [-0.15, -0.1) is 10.1 Å². The maximum Gasteiger partial charge on any atom is 0.313 e. The first-order chi connectivity index (χ1) is 20.3. The van der Waals surface area contributed by atoms with Crippen molar-refractivity contribution in [2.24, 2.45) is 22.5 Å². The fourth-order valence-electron chi connectivity index (χ4n) is 7.50. The lowest BCUT2D eigenvalue weighted by Gasteiger charge is -2.60. The second-order valence-electron chi connectivity index (χ2n) is 11.6. The second-order valence-corrected chi connectivity index (χ2v) is 11.6. The van der Waals surface area contributed by atoms with Gasteiger partial charge in [0.1, 0.15) is 11.5 Å². The predicted molar refractivity (Wildman–Crippen MR) is 153 cm³/mol. The number of hydrogen-bond donors (Lipinski definition) is 4. The number of carbonyl (C=O) groups is 2. The molecule has 0 aliphatic carbocycles. The zero-order chi connectivity index (χ0) is 31.5. The number of aliphatic carboxylic acids is 2. The first-order valence-corrected chi connectivity index (χ1v) is 14.1. The highest BCUT2D eigenvalue weighted by Crippen LogP contribution is 2.61. The smallest absolute Gasteiger partial charge is 0.313 e. The van der Waals surface area contributed by atoms with Crippen LogP contribution in [0.5, 0.6) is 0 Å². The SMILES string of the molecule is CC(CC1(C(=O)O)C(C)NC(N)C(C(=O)O)(C2CCCN(Cc3ccccc3)C2)C1c1cccc([N+](=O)[O-])c1)O[N+](=O)[O-]. The summed E-state index contributed by atoms with van der Waals surface area (Å²) in [4.78, 5) is 56.4. The molecule has 2 heterocycles. The third-order valence-electron chi connectivity index (χ3n) is 9.21. The largest absolute Gasteiger partial charge is 0.481 e. The van der Waals surface area contributed by atoms with Crippen LogP contribution in [0.4, 0.5) is 5.69 Å². The molecule has 0 amide bonds. The minimum atomic E-state index is -2.03. The Labute approximate surface area is 248 Å². The lowest BCUT2D eigenvalue weighted by atomic mass is 9.47. The van der Waals surface area contributed by atoms with Gasteiger partial charge in [0.25, 0.3) is 10.8 Å². The molecule has 0 radical (unpaired) electrons. The van der Waals surface area contributed by atoms with Crippen molar-refractivity contribution in [3.8, 4) is 0 Å². The molecule has 0 aromatic heterocycles. The van der Waals surface area contributed by atoms with E-state index in [0.29, 0.717) is 25.9 Å². The molecule has 0 bridgehead atoms. The summed E-state index contributed by atoms with van der Waals surface area (Å²) in [5.41, 5.74) is 3.49. The normalized spacial score (nSPS) is 30.2. The fraction of sp³-hybridized carbons (Fsp3) is 0.517. The molecule has 2 aliphatic heterocycles. The highest BCUT2D eigenvalue weighted by atomic mass is 17.0. The predicted octanol–water partition coefficient (Wildman–Crippen LogP) is 3.00. The molecule has 7 unspecified atom stereocenters. The summed E-state index contributed by atoms with van der Waals surface area (Å²) in [6, 6.07) is 13.9. The molecule has 232 valence electrons. The number of hydrogen-bond acceptors (Lipinski definition) is 10. The van der Waals surface area contributed by atoms with E-state index >= 15 is 0 Å². The van der Waals surface area contributed by atoms with E-state index in [1.165, 1.54) is 38.1 Å². The molecule has 0 saturated carbocycles. The third kappa shape index (κ3) is 5.90. The quantitative estimate of drug-likeness (QED) is 0.217. The molecule has 2 saturated heterocycles. The summed E-state index contributed by atoms with van der Waals surface area (Å²) in [6.07, 6.45) is -1.96. The number of carboxylic acid groups (broad SMARTS) is 2. The van der Waals surface area contributed by atoms with Crippen molar-refractivity contribution >= 4 is 17.6 Å². The van der Waals surface area contributed by atoms with Crippen molar-refractivity contribution in [2.75, 3.05) is 13.1 Å². The number of nitrogens with one attached hydrogen (secondary N) is 1. The van der Waals surface area contributed by atoms with E-state index in [4.69, 9.17) is 10.6 Å². The van der Waals surface area contributed by atoms with Gasteiger partial charge in [0.15, 0.2) is 0 Å². The van der Waals surface area contributed by atoms with Crippen molar-refractivity contribution < 1.29 is 34.6 Å². The van der Waals surface area contributed by atoms with E-state index in [9.17, 15) is 40.0 Å². The van der Waals surface area contributed by atoms with Crippen LogP contribution >= 0.6 is 0 Å². The summed E-state index contributed by atoms with van der Waals surface area (Å²) in [7, 11) is 0. The molecule has 4 rings (SSSR count). The Hall–Kier alpha value is -4.14. The summed E-state index contributed by atoms with van der Waals surface area (Å²) >= 11 is 0. The van der Waals surface area contributed by atoms with Crippen LogP contribution in [-0.2, 0) is 21.0 Å². The number of nitrogens with zero attached hydrogens (tertiary/aromatic N) is 3. The standard InChI is InChI=1S/C29H37N5O9/c1-18(43-34(41)42)15-28(26(35)36)19(2)31-25(30)29(27(37)38,24(28)21-10-6-12-23(14-21)33(39)40)22-11-7-13-32(17-22)16-20-8-4-3-5-9-20/h3-6,8-10,12,14,18-19,22,24-25,31H,7,11,13,15-17,30H2,1-2H3,(H,35,36)(H,37,38). The molecule has 2 aromatic carbocycles. The zero-order valence-corrected chi connectivity index (χ0v) is 24.0. The average molecular weight is 600 g/mol. The van der Waals surface area contributed by atoms with E-state index in [1.807, 2.05) is 30.3 Å². The number of carboxylic acids is 2. The Kier molecular flexibility index (Phi) is 9.32. The molecule has 14 nitrogen and oxygen atoms in total. The van der Waals surface area contributed by atoms with Gasteiger partial charge in [-0.25, -0.2) is 0 Å². The fourth-order valence-corrected chi connectivity index (χ4v) is 7.50. The van der Waals surface area contributed by atoms with Crippen LogP contribution in [-0.4, -0.2) is 68.5 Å². The third-order valence-corrected chi connectivity index (χ3v) is 9.21. The van der Waals surface area contributed by atoms with Crippen molar-refractivity contribution in [1.29, 1.82) is 0 Å². The van der Waals surface area contributed by atoms with Crippen LogP contribution in [0, 0.1) is 37.0 Å². The molecule has 0 spiro atoms. The summed E-state index contributed by atoms with van der Waals surface area (Å²) in [5, 5.41) is 47.2. The number of benzene rings is 2. The van der Waals surface area contributed by atoms with Gasteiger partial charge >= 0.3 is 11.9 Å². The van der Waals surface area contributed by atoms with Gasteiger partial charge in [-0.05, 0) is 56.7 Å². The van der Waals surface area contributed by atoms with Crippen molar-refractivity contribution in [1.82, 2.24) is 10.2 Å². The van der Waals surface area contributed by atoms with E-state index in [2.05, 4.69) is 10.2 Å². The van der Waals surface area contributed by atoms with Gasteiger partial charge in [0.05, 0.1) is 16.5 Å².